The van der Waals surface area contributed by atoms with Crippen LogP contribution in [0.1, 0.15) is 47.2 Å². The third kappa shape index (κ3) is 3.25. The lowest BCUT2D eigenvalue weighted by Gasteiger charge is -2.28. The average Bonchev–Trinajstić information content (AvgIpc) is 3.72. The zero-order chi connectivity index (χ0) is 31.0. The van der Waals surface area contributed by atoms with Crippen LogP contribution in [-0.2, 0) is 18.3 Å². The van der Waals surface area contributed by atoms with Crippen molar-refractivity contribution in [1.29, 1.82) is 0 Å². The fourth-order valence-corrected chi connectivity index (χ4v) is 9.20. The zero-order valence-corrected chi connectivity index (χ0v) is 26.4. The Balaban J connectivity index is 1.31. The van der Waals surface area contributed by atoms with Crippen LogP contribution in [0.5, 0.6) is 0 Å². The van der Waals surface area contributed by atoms with Gasteiger partial charge in [0, 0.05) is 32.6 Å². The van der Waals surface area contributed by atoms with E-state index >= 15 is 0 Å². The van der Waals surface area contributed by atoms with Crippen molar-refractivity contribution >= 4 is 54.5 Å². The van der Waals surface area contributed by atoms with E-state index in [9.17, 15) is 0 Å². The summed E-state index contributed by atoms with van der Waals surface area (Å²) in [7, 11) is 0. The van der Waals surface area contributed by atoms with E-state index in [1.807, 2.05) is 6.07 Å². The number of hydrogen-bond donors (Lipinski definition) is 0. The summed E-state index contributed by atoms with van der Waals surface area (Å²) >= 11 is 0. The lowest BCUT2D eigenvalue weighted by Crippen LogP contribution is -2.18. The first kappa shape index (κ1) is 25.6. The molecule has 0 unspecified atom stereocenters. The summed E-state index contributed by atoms with van der Waals surface area (Å²) in [6, 6.07) is 47.1. The minimum Gasteiger partial charge on any atom is -0.456 e. The molecular weight excluding hydrogens is 571 g/mol. The Morgan fingerprint density at radius 3 is 2.09 bits per heavy atom. The molecule has 2 aliphatic rings. The van der Waals surface area contributed by atoms with Crippen LogP contribution in [0.25, 0.3) is 71.3 Å². The standard InChI is InChI=1S/C45H31NO/c1-45(2)37-16-8-5-14-32(37)41-35-23-28-21-26-11-3-4-12-27(26)22-29(28)24-36(35)42-33-15-6-9-17-38(33)46(44(42)43(41)45)30-19-20-40-34(25-30)31-13-7-10-18-39(31)47-40/h3-22,25H,23-24H2,1-2H3. The molecule has 0 spiro atoms. The molecule has 222 valence electrons. The first-order chi connectivity index (χ1) is 23.1. The van der Waals surface area contributed by atoms with E-state index in [0.717, 1.165) is 34.8 Å². The number of benzene rings is 7. The SMILES string of the molecule is CC1(C)c2ccccc2-c2c3c(c4c5ccccc5n(-c5ccc6oc7ccccc7c6c5)c4c21)Cc1cc2ccccc2cc1C3. The van der Waals surface area contributed by atoms with E-state index in [-0.39, 0.29) is 5.41 Å². The fourth-order valence-electron chi connectivity index (χ4n) is 9.20. The van der Waals surface area contributed by atoms with Crippen molar-refractivity contribution in [3.8, 4) is 16.8 Å². The lowest BCUT2D eigenvalue weighted by atomic mass is 9.76. The smallest absolute Gasteiger partial charge is 0.135 e. The molecule has 0 fully saturated rings. The van der Waals surface area contributed by atoms with Gasteiger partial charge in [0.05, 0.1) is 11.0 Å². The van der Waals surface area contributed by atoms with Gasteiger partial charge in [0.2, 0.25) is 0 Å². The fraction of sp³-hybridized carbons (Fsp3) is 0.111. The van der Waals surface area contributed by atoms with Gasteiger partial charge in [0.1, 0.15) is 11.2 Å². The van der Waals surface area contributed by atoms with Gasteiger partial charge in [-0.2, -0.15) is 0 Å². The van der Waals surface area contributed by atoms with E-state index in [4.69, 9.17) is 4.42 Å². The van der Waals surface area contributed by atoms with Crippen molar-refractivity contribution in [3.63, 3.8) is 0 Å². The molecule has 47 heavy (non-hydrogen) atoms. The molecule has 0 atom stereocenters. The molecule has 0 saturated heterocycles. The van der Waals surface area contributed by atoms with Crippen LogP contribution in [0.4, 0.5) is 0 Å². The summed E-state index contributed by atoms with van der Waals surface area (Å²) in [6.45, 7) is 4.87. The van der Waals surface area contributed by atoms with E-state index in [1.165, 1.54) is 82.8 Å². The Morgan fingerprint density at radius 2 is 1.26 bits per heavy atom. The second-order valence-electron chi connectivity index (χ2n) is 14.1. The highest BCUT2D eigenvalue weighted by molar-refractivity contribution is 6.16. The van der Waals surface area contributed by atoms with Gasteiger partial charge >= 0.3 is 0 Å². The van der Waals surface area contributed by atoms with E-state index in [2.05, 4.69) is 140 Å². The number of hydrogen-bond acceptors (Lipinski definition) is 1. The summed E-state index contributed by atoms with van der Waals surface area (Å²) in [5.74, 6) is 0. The van der Waals surface area contributed by atoms with Gasteiger partial charge in [-0.3, -0.25) is 0 Å². The number of rotatable bonds is 1. The molecule has 2 aromatic heterocycles. The van der Waals surface area contributed by atoms with Crippen molar-refractivity contribution in [2.45, 2.75) is 32.1 Å². The van der Waals surface area contributed by atoms with Crippen LogP contribution in [0.3, 0.4) is 0 Å². The largest absolute Gasteiger partial charge is 0.456 e. The Morgan fingerprint density at radius 1 is 0.596 bits per heavy atom. The van der Waals surface area contributed by atoms with Crippen molar-refractivity contribution in [3.05, 3.63) is 161 Å². The number of para-hydroxylation sites is 2. The van der Waals surface area contributed by atoms with Crippen molar-refractivity contribution in [2.75, 3.05) is 0 Å². The molecule has 2 heteroatoms. The van der Waals surface area contributed by atoms with E-state index in [1.54, 1.807) is 0 Å². The molecule has 11 rings (SSSR count). The number of furan rings is 1. The second-order valence-corrected chi connectivity index (χ2v) is 14.1. The minimum atomic E-state index is -0.165. The molecular formula is C45H31NO. The summed E-state index contributed by atoms with van der Waals surface area (Å²) in [4.78, 5) is 0. The quantitative estimate of drug-likeness (QED) is 0.183. The van der Waals surface area contributed by atoms with Gasteiger partial charge in [0.15, 0.2) is 0 Å². The maximum atomic E-state index is 6.28. The normalized spacial score (nSPS) is 14.6. The molecule has 2 nitrogen and oxygen atoms in total. The molecule has 0 bridgehead atoms. The van der Waals surface area contributed by atoms with Crippen LogP contribution >= 0.6 is 0 Å². The maximum Gasteiger partial charge on any atom is 0.135 e. The summed E-state index contributed by atoms with van der Waals surface area (Å²) in [5, 5.41) is 7.70. The van der Waals surface area contributed by atoms with Gasteiger partial charge in [-0.05, 0) is 98.5 Å². The first-order valence-electron chi connectivity index (χ1n) is 16.7. The third-order valence-electron chi connectivity index (χ3n) is 11.2. The first-order valence-corrected chi connectivity index (χ1v) is 16.7. The highest BCUT2D eigenvalue weighted by Gasteiger charge is 2.42. The molecule has 2 aliphatic carbocycles. The van der Waals surface area contributed by atoms with Crippen molar-refractivity contribution in [1.82, 2.24) is 4.57 Å². The molecule has 7 aromatic carbocycles. The molecule has 0 N–H and O–H groups in total. The van der Waals surface area contributed by atoms with Crippen LogP contribution in [0.2, 0.25) is 0 Å². The van der Waals surface area contributed by atoms with Crippen LogP contribution < -0.4 is 0 Å². The average molecular weight is 602 g/mol. The number of fused-ring (bicyclic) bond motifs is 15. The van der Waals surface area contributed by atoms with E-state index < -0.39 is 0 Å². The summed E-state index contributed by atoms with van der Waals surface area (Å²) in [5.41, 5.74) is 17.1. The van der Waals surface area contributed by atoms with Crippen molar-refractivity contribution < 1.29 is 4.42 Å². The maximum absolute atomic E-state index is 6.28. The Labute approximate surface area is 272 Å². The monoisotopic (exact) mass is 601 g/mol. The predicted molar refractivity (Wildman–Crippen MR) is 195 cm³/mol. The Kier molecular flexibility index (Phi) is 4.79. The van der Waals surface area contributed by atoms with Gasteiger partial charge in [-0.1, -0.05) is 111 Å². The highest BCUT2D eigenvalue weighted by atomic mass is 16.3. The van der Waals surface area contributed by atoms with Gasteiger partial charge in [0.25, 0.3) is 0 Å². The van der Waals surface area contributed by atoms with Crippen molar-refractivity contribution in [2.24, 2.45) is 0 Å². The summed E-state index contributed by atoms with van der Waals surface area (Å²) < 4.78 is 8.84. The topological polar surface area (TPSA) is 18.1 Å². The van der Waals surface area contributed by atoms with Crippen LogP contribution in [0, 0.1) is 0 Å². The summed E-state index contributed by atoms with van der Waals surface area (Å²) in [6.07, 6.45) is 1.88. The van der Waals surface area contributed by atoms with Crippen LogP contribution in [0.15, 0.2) is 132 Å². The lowest BCUT2D eigenvalue weighted by molar-refractivity contribution is 0.663. The van der Waals surface area contributed by atoms with Gasteiger partial charge < -0.3 is 8.98 Å². The molecule has 0 radical (unpaired) electrons. The number of nitrogens with zero attached hydrogens (tertiary/aromatic N) is 1. The van der Waals surface area contributed by atoms with Crippen LogP contribution in [-0.4, -0.2) is 4.57 Å². The molecule has 9 aromatic rings. The molecule has 0 aliphatic heterocycles. The zero-order valence-electron chi connectivity index (χ0n) is 26.4. The second kappa shape index (κ2) is 8.80. The van der Waals surface area contributed by atoms with Gasteiger partial charge in [-0.15, -0.1) is 0 Å². The predicted octanol–water partition coefficient (Wildman–Crippen LogP) is 11.6. The molecule has 0 amide bonds. The molecule has 0 saturated carbocycles. The Hall–Kier alpha value is -5.60. The van der Waals surface area contributed by atoms with Gasteiger partial charge in [-0.25, -0.2) is 0 Å². The third-order valence-corrected chi connectivity index (χ3v) is 11.2. The van der Waals surface area contributed by atoms with E-state index in [0.29, 0.717) is 0 Å². The minimum absolute atomic E-state index is 0.165. The highest BCUT2D eigenvalue weighted by Crippen LogP contribution is 2.57. The number of aromatic nitrogens is 1. The molecule has 2 heterocycles. The Bertz CT molecular complexity index is 2820.